The summed E-state index contributed by atoms with van der Waals surface area (Å²) in [5, 5.41) is 13.5. The Labute approximate surface area is 171 Å². The van der Waals surface area contributed by atoms with Crippen LogP contribution in [0.1, 0.15) is 10.4 Å². The molecule has 0 fully saturated rings. The van der Waals surface area contributed by atoms with Crippen LogP contribution >= 0.6 is 0 Å². The monoisotopic (exact) mass is 428 g/mol. The molecule has 0 radical (unpaired) electrons. The number of pyridine rings is 1. The van der Waals surface area contributed by atoms with Crippen molar-refractivity contribution < 1.29 is 22.9 Å². The zero-order chi connectivity index (χ0) is 21.7. The molecule has 0 aliphatic carbocycles. The van der Waals surface area contributed by atoms with Crippen molar-refractivity contribution >= 4 is 33.0 Å². The number of para-hydroxylation sites is 1. The largest absolute Gasteiger partial charge is 0.481 e. The summed E-state index contributed by atoms with van der Waals surface area (Å²) in [5.74, 6) is -0.197. The quantitative estimate of drug-likeness (QED) is 0.435. The minimum atomic E-state index is -4.17. The van der Waals surface area contributed by atoms with E-state index in [0.29, 0.717) is 11.6 Å². The van der Waals surface area contributed by atoms with Gasteiger partial charge >= 0.3 is 0 Å². The van der Waals surface area contributed by atoms with Gasteiger partial charge in [0.15, 0.2) is 0 Å². The normalized spacial score (nSPS) is 10.8. The molecule has 30 heavy (non-hydrogen) atoms. The van der Waals surface area contributed by atoms with Crippen molar-refractivity contribution in [3.05, 3.63) is 82.5 Å². The van der Waals surface area contributed by atoms with Crippen LogP contribution in [-0.2, 0) is 10.0 Å². The molecule has 1 heterocycles. The maximum absolute atomic E-state index is 12.7. The summed E-state index contributed by atoms with van der Waals surface area (Å²) < 4.78 is 32.6. The van der Waals surface area contributed by atoms with Crippen LogP contribution in [-0.4, -0.2) is 31.3 Å². The number of carbonyl (C=O) groups excluding carboxylic acids is 1. The van der Waals surface area contributed by atoms with Gasteiger partial charge in [-0.2, -0.15) is 0 Å². The lowest BCUT2D eigenvalue weighted by molar-refractivity contribution is -0.385. The minimum absolute atomic E-state index is 0.0166. The average Bonchev–Trinajstić information content (AvgIpc) is 2.74. The van der Waals surface area contributed by atoms with Crippen molar-refractivity contribution in [1.82, 2.24) is 4.98 Å². The molecule has 3 rings (SSSR count). The highest BCUT2D eigenvalue weighted by atomic mass is 32.2. The molecule has 0 aliphatic heterocycles. The van der Waals surface area contributed by atoms with Crippen LogP contribution in [0, 0.1) is 10.1 Å². The van der Waals surface area contributed by atoms with Gasteiger partial charge < -0.3 is 10.1 Å². The van der Waals surface area contributed by atoms with E-state index in [1.54, 1.807) is 24.3 Å². The summed E-state index contributed by atoms with van der Waals surface area (Å²) in [6, 6.07) is 13.7. The molecule has 10 nitrogen and oxygen atoms in total. The predicted molar refractivity (Wildman–Crippen MR) is 109 cm³/mol. The molecule has 2 aromatic carbocycles. The number of methoxy groups -OCH3 is 1. The van der Waals surface area contributed by atoms with E-state index in [1.165, 1.54) is 43.6 Å². The second-order valence-corrected chi connectivity index (χ2v) is 7.63. The Balaban J connectivity index is 1.86. The highest BCUT2D eigenvalue weighted by Crippen LogP contribution is 2.23. The molecule has 1 aromatic heterocycles. The van der Waals surface area contributed by atoms with Gasteiger partial charge in [-0.1, -0.05) is 18.2 Å². The van der Waals surface area contributed by atoms with E-state index in [9.17, 15) is 23.3 Å². The number of non-ortho nitro benzene ring substituents is 1. The summed E-state index contributed by atoms with van der Waals surface area (Å²) >= 11 is 0. The third-order valence-electron chi connectivity index (χ3n) is 3.96. The smallest absolute Gasteiger partial charge is 0.270 e. The first kappa shape index (κ1) is 20.7. The number of hydrogen-bond acceptors (Lipinski definition) is 7. The Morgan fingerprint density at radius 3 is 2.53 bits per heavy atom. The summed E-state index contributed by atoms with van der Waals surface area (Å²) in [4.78, 5) is 26.6. The molecule has 0 unspecified atom stereocenters. The van der Waals surface area contributed by atoms with Crippen molar-refractivity contribution in [2.45, 2.75) is 4.90 Å². The van der Waals surface area contributed by atoms with Crippen LogP contribution in [0.2, 0.25) is 0 Å². The Morgan fingerprint density at radius 1 is 1.10 bits per heavy atom. The number of nitro groups is 1. The third kappa shape index (κ3) is 4.70. The number of hydrogen-bond donors (Lipinski definition) is 2. The molecular formula is C19H16N4O6S. The van der Waals surface area contributed by atoms with Gasteiger partial charge in [-0.15, -0.1) is 0 Å². The van der Waals surface area contributed by atoms with Crippen molar-refractivity contribution in [3.63, 3.8) is 0 Å². The summed E-state index contributed by atoms with van der Waals surface area (Å²) in [5.41, 5.74) is 0.0957. The first-order chi connectivity index (χ1) is 14.3. The van der Waals surface area contributed by atoms with Crippen molar-refractivity contribution in [2.75, 3.05) is 17.1 Å². The number of rotatable bonds is 7. The number of carbonyl (C=O) groups is 1. The van der Waals surface area contributed by atoms with Gasteiger partial charge in [0.25, 0.3) is 21.6 Å². The first-order valence-corrected chi connectivity index (χ1v) is 9.96. The Hall–Kier alpha value is -3.99. The zero-order valence-corrected chi connectivity index (χ0v) is 16.4. The average molecular weight is 428 g/mol. The van der Waals surface area contributed by atoms with Gasteiger partial charge in [0.1, 0.15) is 0 Å². The van der Waals surface area contributed by atoms with Crippen molar-refractivity contribution in [3.8, 4) is 5.88 Å². The Bertz CT molecular complexity index is 1200. The van der Waals surface area contributed by atoms with E-state index >= 15 is 0 Å². The van der Waals surface area contributed by atoms with Crippen LogP contribution in [0.15, 0.2) is 71.8 Å². The lowest BCUT2D eigenvalue weighted by atomic mass is 10.1. The zero-order valence-electron chi connectivity index (χ0n) is 15.6. The van der Waals surface area contributed by atoms with Crippen LogP contribution in [0.4, 0.5) is 17.1 Å². The maximum Gasteiger partial charge on any atom is 0.270 e. The number of amides is 1. The highest BCUT2D eigenvalue weighted by molar-refractivity contribution is 7.92. The third-order valence-corrected chi connectivity index (χ3v) is 5.32. The molecule has 0 saturated carbocycles. The lowest BCUT2D eigenvalue weighted by Gasteiger charge is -2.13. The van der Waals surface area contributed by atoms with Gasteiger partial charge in [-0.3, -0.25) is 19.6 Å². The van der Waals surface area contributed by atoms with E-state index in [2.05, 4.69) is 15.0 Å². The molecular weight excluding hydrogens is 412 g/mol. The molecule has 0 saturated heterocycles. The maximum atomic E-state index is 12.7. The van der Waals surface area contributed by atoms with E-state index < -0.39 is 20.9 Å². The fraction of sp³-hybridized carbons (Fsp3) is 0.0526. The first-order valence-electron chi connectivity index (χ1n) is 8.48. The van der Waals surface area contributed by atoms with Crippen LogP contribution in [0.25, 0.3) is 0 Å². The molecule has 2 N–H and O–H groups in total. The van der Waals surface area contributed by atoms with Gasteiger partial charge in [0, 0.05) is 18.2 Å². The minimum Gasteiger partial charge on any atom is -0.481 e. The topological polar surface area (TPSA) is 141 Å². The SMILES string of the molecule is COc1ccc(NC(=O)c2ccccc2NS(=O)(=O)c2cccc([N+](=O)[O-])c2)cn1. The number of sulfonamides is 1. The Morgan fingerprint density at radius 2 is 1.87 bits per heavy atom. The number of nitro benzene ring substituents is 1. The number of anilines is 2. The predicted octanol–water partition coefficient (Wildman–Crippen LogP) is 3.05. The molecule has 3 aromatic rings. The van der Waals surface area contributed by atoms with Gasteiger partial charge in [0.05, 0.1) is 40.1 Å². The molecule has 0 spiro atoms. The van der Waals surface area contributed by atoms with Gasteiger partial charge in [0.2, 0.25) is 5.88 Å². The fourth-order valence-electron chi connectivity index (χ4n) is 2.51. The molecule has 11 heteroatoms. The van der Waals surface area contributed by atoms with E-state index in [4.69, 9.17) is 4.74 Å². The fourth-order valence-corrected chi connectivity index (χ4v) is 3.63. The standard InChI is InChI=1S/C19H16N4O6S/c1-29-18-10-9-13(12-20-18)21-19(24)16-7-2-3-8-17(16)22-30(27,28)15-6-4-5-14(11-15)23(25)26/h2-12,22H,1H3,(H,21,24). The molecule has 1 amide bonds. The van der Waals surface area contributed by atoms with E-state index in [0.717, 1.165) is 6.07 Å². The second-order valence-electron chi connectivity index (χ2n) is 5.95. The number of aromatic nitrogens is 1. The Kier molecular flexibility index (Phi) is 5.93. The number of benzene rings is 2. The summed E-state index contributed by atoms with van der Waals surface area (Å²) in [6.07, 6.45) is 1.40. The molecule has 0 bridgehead atoms. The lowest BCUT2D eigenvalue weighted by Crippen LogP contribution is -2.18. The number of ether oxygens (including phenoxy) is 1. The van der Waals surface area contributed by atoms with Crippen LogP contribution in [0.3, 0.4) is 0 Å². The molecule has 0 atom stereocenters. The molecule has 0 aliphatic rings. The van der Waals surface area contributed by atoms with Crippen molar-refractivity contribution in [1.29, 1.82) is 0 Å². The second kappa shape index (κ2) is 8.57. The summed E-state index contributed by atoms with van der Waals surface area (Å²) in [6.45, 7) is 0. The van der Waals surface area contributed by atoms with E-state index in [1.807, 2.05) is 0 Å². The highest BCUT2D eigenvalue weighted by Gasteiger charge is 2.21. The van der Waals surface area contributed by atoms with Crippen molar-refractivity contribution in [2.24, 2.45) is 0 Å². The van der Waals surface area contributed by atoms with Crippen LogP contribution in [0.5, 0.6) is 5.88 Å². The van der Waals surface area contributed by atoms with E-state index in [-0.39, 0.29) is 21.8 Å². The number of nitrogens with one attached hydrogen (secondary N) is 2. The molecule has 154 valence electrons. The summed E-state index contributed by atoms with van der Waals surface area (Å²) in [7, 11) is -2.71. The van der Waals surface area contributed by atoms with Gasteiger partial charge in [-0.05, 0) is 24.3 Å². The number of nitrogens with zero attached hydrogens (tertiary/aromatic N) is 2. The van der Waals surface area contributed by atoms with Crippen LogP contribution < -0.4 is 14.8 Å². The van der Waals surface area contributed by atoms with Gasteiger partial charge in [-0.25, -0.2) is 13.4 Å².